The molecular formula is C18H19F2NO5S. The SMILES string of the molecule is CN(Cc1ccc(OC(F)F)cc1)C(=O)COc1cccc(S(C)(=O)=O)c1. The van der Waals surface area contributed by atoms with Crippen molar-refractivity contribution in [2.24, 2.45) is 0 Å². The number of carbonyl (C=O) groups is 1. The fourth-order valence-electron chi connectivity index (χ4n) is 2.19. The third-order valence-electron chi connectivity index (χ3n) is 3.59. The summed E-state index contributed by atoms with van der Waals surface area (Å²) in [6.45, 7) is -2.91. The van der Waals surface area contributed by atoms with Gasteiger partial charge < -0.3 is 14.4 Å². The highest BCUT2D eigenvalue weighted by molar-refractivity contribution is 7.90. The van der Waals surface area contributed by atoms with Gasteiger partial charge in [-0.05, 0) is 35.9 Å². The topological polar surface area (TPSA) is 72.9 Å². The zero-order valence-corrected chi connectivity index (χ0v) is 15.6. The molecule has 0 heterocycles. The van der Waals surface area contributed by atoms with E-state index in [0.29, 0.717) is 0 Å². The van der Waals surface area contributed by atoms with Crippen LogP contribution in [0.1, 0.15) is 5.56 Å². The maximum atomic E-state index is 12.2. The van der Waals surface area contributed by atoms with Crippen LogP contribution in [-0.4, -0.2) is 45.7 Å². The molecule has 1 amide bonds. The van der Waals surface area contributed by atoms with Crippen LogP contribution in [0.2, 0.25) is 0 Å². The second-order valence-corrected chi connectivity index (χ2v) is 7.82. The van der Waals surface area contributed by atoms with Gasteiger partial charge in [-0.1, -0.05) is 18.2 Å². The molecule has 6 nitrogen and oxygen atoms in total. The Hall–Kier alpha value is -2.68. The van der Waals surface area contributed by atoms with E-state index in [4.69, 9.17) is 4.74 Å². The van der Waals surface area contributed by atoms with E-state index in [1.807, 2.05) is 0 Å². The summed E-state index contributed by atoms with van der Waals surface area (Å²) in [6.07, 6.45) is 1.09. The van der Waals surface area contributed by atoms with Gasteiger partial charge in [0.15, 0.2) is 16.4 Å². The summed E-state index contributed by atoms with van der Waals surface area (Å²) >= 11 is 0. The zero-order chi connectivity index (χ0) is 20.0. The van der Waals surface area contributed by atoms with Gasteiger partial charge in [0.2, 0.25) is 0 Å². The molecule has 0 aliphatic heterocycles. The fourth-order valence-corrected chi connectivity index (χ4v) is 2.84. The van der Waals surface area contributed by atoms with E-state index in [1.165, 1.54) is 35.2 Å². The molecule has 0 saturated heterocycles. The number of carbonyl (C=O) groups excluding carboxylic acids is 1. The number of hydrogen-bond donors (Lipinski definition) is 0. The first-order valence-electron chi connectivity index (χ1n) is 7.86. The largest absolute Gasteiger partial charge is 0.484 e. The smallest absolute Gasteiger partial charge is 0.387 e. The molecule has 2 aromatic carbocycles. The molecule has 0 aromatic heterocycles. The lowest BCUT2D eigenvalue weighted by molar-refractivity contribution is -0.132. The van der Waals surface area contributed by atoms with Crippen LogP contribution < -0.4 is 9.47 Å². The van der Waals surface area contributed by atoms with Gasteiger partial charge in [0.25, 0.3) is 5.91 Å². The predicted molar refractivity (Wildman–Crippen MR) is 94.6 cm³/mol. The van der Waals surface area contributed by atoms with Crippen molar-refractivity contribution in [2.45, 2.75) is 18.1 Å². The zero-order valence-electron chi connectivity index (χ0n) is 14.8. The summed E-state index contributed by atoms with van der Waals surface area (Å²) in [6, 6.07) is 11.8. The van der Waals surface area contributed by atoms with Gasteiger partial charge >= 0.3 is 6.61 Å². The number of hydrogen-bond acceptors (Lipinski definition) is 5. The Bertz CT molecular complexity index is 885. The van der Waals surface area contributed by atoms with Crippen LogP contribution in [0.25, 0.3) is 0 Å². The monoisotopic (exact) mass is 399 g/mol. The van der Waals surface area contributed by atoms with Crippen LogP contribution in [0.5, 0.6) is 11.5 Å². The van der Waals surface area contributed by atoms with E-state index in [1.54, 1.807) is 25.2 Å². The van der Waals surface area contributed by atoms with Crippen LogP contribution in [-0.2, 0) is 21.2 Å². The summed E-state index contributed by atoms with van der Waals surface area (Å²) < 4.78 is 57.0. The second kappa shape index (κ2) is 8.81. The number of sulfone groups is 1. The Morgan fingerprint density at radius 1 is 1.11 bits per heavy atom. The maximum Gasteiger partial charge on any atom is 0.387 e. The van der Waals surface area contributed by atoms with Gasteiger partial charge in [-0.25, -0.2) is 8.42 Å². The van der Waals surface area contributed by atoms with Crippen LogP contribution in [0.3, 0.4) is 0 Å². The number of rotatable bonds is 8. The molecule has 27 heavy (non-hydrogen) atoms. The summed E-state index contributed by atoms with van der Waals surface area (Å²) in [5, 5.41) is 0. The van der Waals surface area contributed by atoms with E-state index < -0.39 is 16.4 Å². The molecule has 0 aliphatic rings. The first kappa shape index (κ1) is 20.6. The van der Waals surface area contributed by atoms with Gasteiger partial charge in [0.1, 0.15) is 11.5 Å². The van der Waals surface area contributed by atoms with Gasteiger partial charge in [-0.3, -0.25) is 4.79 Å². The minimum absolute atomic E-state index is 0.0387. The van der Waals surface area contributed by atoms with Crippen molar-refractivity contribution in [1.29, 1.82) is 0 Å². The van der Waals surface area contributed by atoms with Crippen molar-refractivity contribution in [2.75, 3.05) is 19.9 Å². The number of ether oxygens (including phenoxy) is 2. The number of likely N-dealkylation sites (N-methyl/N-ethyl adjacent to an activating group) is 1. The Balaban J connectivity index is 1.90. The first-order valence-corrected chi connectivity index (χ1v) is 9.75. The number of halogens is 2. The summed E-state index contributed by atoms with van der Waals surface area (Å²) in [5.41, 5.74) is 0.728. The molecule has 146 valence electrons. The van der Waals surface area contributed by atoms with E-state index in [-0.39, 0.29) is 35.5 Å². The standard InChI is InChI=1S/C18H19F2NO5S/c1-21(11-13-6-8-14(9-7-13)26-18(19)20)17(22)12-25-15-4-3-5-16(10-15)27(2,23)24/h3-10,18H,11-12H2,1-2H3. The Labute approximate surface area is 156 Å². The van der Waals surface area contributed by atoms with Gasteiger partial charge in [0.05, 0.1) is 4.90 Å². The van der Waals surface area contributed by atoms with Crippen molar-refractivity contribution in [3.63, 3.8) is 0 Å². The maximum absolute atomic E-state index is 12.2. The predicted octanol–water partition coefficient (Wildman–Crippen LogP) is 2.73. The van der Waals surface area contributed by atoms with Crippen molar-refractivity contribution in [3.05, 3.63) is 54.1 Å². The van der Waals surface area contributed by atoms with Crippen LogP contribution >= 0.6 is 0 Å². The lowest BCUT2D eigenvalue weighted by atomic mass is 10.2. The lowest BCUT2D eigenvalue weighted by Gasteiger charge is -2.18. The third kappa shape index (κ3) is 6.52. The van der Waals surface area contributed by atoms with Crippen molar-refractivity contribution in [3.8, 4) is 11.5 Å². The van der Waals surface area contributed by atoms with Crippen LogP contribution in [0.4, 0.5) is 8.78 Å². The van der Waals surface area contributed by atoms with E-state index in [0.717, 1.165) is 11.8 Å². The molecule has 2 aromatic rings. The normalized spacial score (nSPS) is 11.3. The minimum atomic E-state index is -3.36. The fraction of sp³-hybridized carbons (Fsp3) is 0.278. The minimum Gasteiger partial charge on any atom is -0.484 e. The molecule has 2 rings (SSSR count). The van der Waals surface area contributed by atoms with Crippen LogP contribution in [0, 0.1) is 0 Å². The average Bonchev–Trinajstić information content (AvgIpc) is 2.60. The van der Waals surface area contributed by atoms with E-state index in [2.05, 4.69) is 4.74 Å². The number of amides is 1. The lowest BCUT2D eigenvalue weighted by Crippen LogP contribution is -2.30. The molecule has 9 heteroatoms. The van der Waals surface area contributed by atoms with Gasteiger partial charge in [-0.2, -0.15) is 8.78 Å². The highest BCUT2D eigenvalue weighted by Crippen LogP contribution is 2.18. The Kier molecular flexibility index (Phi) is 6.73. The summed E-state index contributed by atoms with van der Waals surface area (Å²) in [4.78, 5) is 13.7. The quantitative estimate of drug-likeness (QED) is 0.683. The number of alkyl halides is 2. The van der Waals surface area contributed by atoms with Crippen LogP contribution in [0.15, 0.2) is 53.4 Å². The van der Waals surface area contributed by atoms with Crippen molar-refractivity contribution >= 4 is 15.7 Å². The summed E-state index contributed by atoms with van der Waals surface area (Å²) in [7, 11) is -1.79. The molecule has 0 spiro atoms. The van der Waals surface area contributed by atoms with Crippen molar-refractivity contribution < 1.29 is 31.5 Å². The van der Waals surface area contributed by atoms with Crippen molar-refractivity contribution in [1.82, 2.24) is 4.90 Å². The molecule has 0 bridgehead atoms. The van der Waals surface area contributed by atoms with E-state index >= 15 is 0 Å². The molecule has 0 radical (unpaired) electrons. The number of nitrogens with zero attached hydrogens (tertiary/aromatic N) is 1. The third-order valence-corrected chi connectivity index (χ3v) is 4.70. The van der Waals surface area contributed by atoms with Gasteiger partial charge in [-0.15, -0.1) is 0 Å². The molecule has 0 aliphatic carbocycles. The molecule has 0 atom stereocenters. The number of benzene rings is 2. The van der Waals surface area contributed by atoms with E-state index in [9.17, 15) is 22.0 Å². The van der Waals surface area contributed by atoms with Gasteiger partial charge in [0, 0.05) is 19.8 Å². The average molecular weight is 399 g/mol. The Morgan fingerprint density at radius 2 is 1.78 bits per heavy atom. The highest BCUT2D eigenvalue weighted by Gasteiger charge is 2.12. The molecule has 0 fully saturated rings. The molecular weight excluding hydrogens is 380 g/mol. The molecule has 0 N–H and O–H groups in total. The molecule has 0 unspecified atom stereocenters. The second-order valence-electron chi connectivity index (χ2n) is 5.81. The Morgan fingerprint density at radius 3 is 2.37 bits per heavy atom. The molecule has 0 saturated carbocycles. The highest BCUT2D eigenvalue weighted by atomic mass is 32.2. The summed E-state index contributed by atoms with van der Waals surface area (Å²) in [5.74, 6) is -0.0161. The first-order chi connectivity index (χ1) is 12.6.